The highest BCUT2D eigenvalue weighted by Crippen LogP contribution is 2.35. The van der Waals surface area contributed by atoms with E-state index < -0.39 is 0 Å². The van der Waals surface area contributed by atoms with Crippen LogP contribution in [0.25, 0.3) is 0 Å². The molecule has 2 atom stereocenters. The van der Waals surface area contributed by atoms with Crippen LogP contribution in [0.2, 0.25) is 0 Å². The van der Waals surface area contributed by atoms with E-state index in [2.05, 4.69) is 19.2 Å². The van der Waals surface area contributed by atoms with Gasteiger partial charge >= 0.3 is 0 Å². The molecule has 0 fully saturated rings. The van der Waals surface area contributed by atoms with Crippen molar-refractivity contribution in [3.8, 4) is 5.75 Å². The highest BCUT2D eigenvalue weighted by molar-refractivity contribution is 6.01. The van der Waals surface area contributed by atoms with Crippen molar-refractivity contribution in [2.75, 3.05) is 12.4 Å². The number of nitrogens with zero attached hydrogens (tertiary/aromatic N) is 1. The predicted molar refractivity (Wildman–Crippen MR) is 91.7 cm³/mol. The number of nitrogens with one attached hydrogen (secondary N) is 1. The van der Waals surface area contributed by atoms with Gasteiger partial charge in [0.25, 0.3) is 5.91 Å². The summed E-state index contributed by atoms with van der Waals surface area (Å²) in [4.78, 5) is 14.9. The maximum Gasteiger partial charge on any atom is 0.258 e. The Balaban J connectivity index is 2.07. The van der Waals surface area contributed by atoms with E-state index in [9.17, 15) is 4.79 Å². The van der Waals surface area contributed by atoms with E-state index in [0.717, 1.165) is 29.0 Å². The van der Waals surface area contributed by atoms with Crippen LogP contribution in [0.5, 0.6) is 5.75 Å². The predicted octanol–water partition coefficient (Wildman–Crippen LogP) is 4.06. The van der Waals surface area contributed by atoms with Gasteiger partial charge in [-0.3, -0.25) is 4.79 Å². The molecule has 2 aromatic carbocycles. The number of hydrogen-bond donors (Lipinski definition) is 1. The second-order valence-electron chi connectivity index (χ2n) is 5.84. The molecule has 0 bridgehead atoms. The third-order valence-corrected chi connectivity index (χ3v) is 4.44. The molecular formula is C19H22N2O2. The molecule has 0 saturated carbocycles. The molecule has 2 aromatic rings. The summed E-state index contributed by atoms with van der Waals surface area (Å²) in [6.07, 6.45) is 0.707. The van der Waals surface area contributed by atoms with Crippen molar-refractivity contribution in [1.29, 1.82) is 0 Å². The van der Waals surface area contributed by atoms with Gasteiger partial charge in [0.05, 0.1) is 12.7 Å². The number of ether oxygens (including phenoxy) is 1. The first-order chi connectivity index (χ1) is 11.2. The molecule has 120 valence electrons. The normalized spacial score (nSPS) is 18.1. The molecule has 1 aliphatic rings. The van der Waals surface area contributed by atoms with Crippen molar-refractivity contribution in [2.45, 2.75) is 32.5 Å². The van der Waals surface area contributed by atoms with E-state index in [-0.39, 0.29) is 18.1 Å². The fraction of sp³-hybridized carbons (Fsp3) is 0.316. The van der Waals surface area contributed by atoms with Gasteiger partial charge < -0.3 is 15.0 Å². The number of fused-ring (bicyclic) bond motifs is 1. The summed E-state index contributed by atoms with van der Waals surface area (Å²) in [6, 6.07) is 15.7. The zero-order valence-electron chi connectivity index (χ0n) is 13.7. The first-order valence-corrected chi connectivity index (χ1v) is 7.98. The molecule has 4 nitrogen and oxygen atoms in total. The van der Waals surface area contributed by atoms with Gasteiger partial charge in [-0.2, -0.15) is 0 Å². The lowest BCUT2D eigenvalue weighted by atomic mass is 10.0. The van der Waals surface area contributed by atoms with Crippen molar-refractivity contribution < 1.29 is 9.53 Å². The average molecular weight is 310 g/mol. The van der Waals surface area contributed by atoms with Crippen molar-refractivity contribution in [3.63, 3.8) is 0 Å². The van der Waals surface area contributed by atoms with Gasteiger partial charge in [-0.05, 0) is 43.2 Å². The summed E-state index contributed by atoms with van der Waals surface area (Å²) >= 11 is 0. The highest BCUT2D eigenvalue weighted by atomic mass is 16.5. The Bertz CT molecular complexity index is 714. The van der Waals surface area contributed by atoms with Crippen molar-refractivity contribution >= 4 is 11.6 Å². The number of carbonyl (C=O) groups excluding carboxylic acids is 1. The summed E-state index contributed by atoms with van der Waals surface area (Å²) in [5.41, 5.74) is 2.63. The van der Waals surface area contributed by atoms with E-state index in [1.165, 1.54) is 0 Å². The number of amides is 1. The van der Waals surface area contributed by atoms with Crippen LogP contribution in [-0.2, 0) is 0 Å². The minimum atomic E-state index is -0.192. The first kappa shape index (κ1) is 15.4. The Morgan fingerprint density at radius 1 is 1.22 bits per heavy atom. The molecule has 0 aliphatic carbocycles. The number of benzene rings is 2. The standard InChI is InChI=1S/C19H22N2O2/c1-4-13(2)21-18(14-8-7-9-15(12-14)23-3)20-17-11-6-5-10-16(17)19(21)22/h5-13,18,20H,4H2,1-3H3/t13-,18-/m0/s1. The maximum atomic E-state index is 13.0. The molecule has 1 N–H and O–H groups in total. The molecular weight excluding hydrogens is 288 g/mol. The van der Waals surface area contributed by atoms with Gasteiger partial charge in [-0.25, -0.2) is 0 Å². The fourth-order valence-corrected chi connectivity index (χ4v) is 2.98. The van der Waals surface area contributed by atoms with Gasteiger partial charge in [-0.1, -0.05) is 31.2 Å². The van der Waals surface area contributed by atoms with Crippen LogP contribution < -0.4 is 10.1 Å². The molecule has 4 heteroatoms. The molecule has 0 aromatic heterocycles. The van der Waals surface area contributed by atoms with E-state index in [1.54, 1.807) is 7.11 Å². The van der Waals surface area contributed by atoms with Crippen LogP contribution in [0.4, 0.5) is 5.69 Å². The Labute approximate surface area is 137 Å². The van der Waals surface area contributed by atoms with Crippen LogP contribution in [0.1, 0.15) is 42.4 Å². The number of hydrogen-bond acceptors (Lipinski definition) is 3. The third-order valence-electron chi connectivity index (χ3n) is 4.44. The van der Waals surface area contributed by atoms with Crippen LogP contribution in [0.3, 0.4) is 0 Å². The Hall–Kier alpha value is -2.49. The monoisotopic (exact) mass is 310 g/mol. The number of anilines is 1. The van der Waals surface area contributed by atoms with E-state index in [1.807, 2.05) is 53.4 Å². The average Bonchev–Trinajstić information content (AvgIpc) is 2.61. The van der Waals surface area contributed by atoms with Crippen molar-refractivity contribution in [2.24, 2.45) is 0 Å². The van der Waals surface area contributed by atoms with E-state index >= 15 is 0 Å². The first-order valence-electron chi connectivity index (χ1n) is 7.98. The quantitative estimate of drug-likeness (QED) is 0.926. The van der Waals surface area contributed by atoms with Gasteiger partial charge in [0, 0.05) is 11.7 Å². The summed E-state index contributed by atoms with van der Waals surface area (Å²) in [5, 5.41) is 3.51. The minimum Gasteiger partial charge on any atom is -0.497 e. The summed E-state index contributed by atoms with van der Waals surface area (Å²) in [7, 11) is 1.65. The SMILES string of the molecule is CC[C@H](C)N1C(=O)c2ccccc2N[C@@H]1c1cccc(OC)c1. The topological polar surface area (TPSA) is 41.6 Å². The highest BCUT2D eigenvalue weighted by Gasteiger charge is 2.35. The van der Waals surface area contributed by atoms with E-state index in [0.29, 0.717) is 0 Å². The summed E-state index contributed by atoms with van der Waals surface area (Å²) in [6.45, 7) is 4.18. The van der Waals surface area contributed by atoms with Crippen molar-refractivity contribution in [1.82, 2.24) is 4.90 Å². The lowest BCUT2D eigenvalue weighted by molar-refractivity contribution is 0.0593. The van der Waals surface area contributed by atoms with Gasteiger partial charge in [0.2, 0.25) is 0 Å². The second kappa shape index (κ2) is 6.32. The van der Waals surface area contributed by atoms with Crippen LogP contribution in [0.15, 0.2) is 48.5 Å². The summed E-state index contributed by atoms with van der Waals surface area (Å²) in [5.74, 6) is 0.862. The molecule has 1 aliphatic heterocycles. The molecule has 3 rings (SSSR count). The zero-order valence-corrected chi connectivity index (χ0v) is 13.7. The van der Waals surface area contributed by atoms with Gasteiger partial charge in [0.15, 0.2) is 0 Å². The van der Waals surface area contributed by atoms with Crippen LogP contribution in [-0.4, -0.2) is 24.0 Å². The smallest absolute Gasteiger partial charge is 0.258 e. The lowest BCUT2D eigenvalue weighted by Crippen LogP contribution is -2.47. The zero-order chi connectivity index (χ0) is 16.4. The third kappa shape index (κ3) is 2.77. The summed E-state index contributed by atoms with van der Waals surface area (Å²) < 4.78 is 5.33. The second-order valence-corrected chi connectivity index (χ2v) is 5.84. The molecule has 0 radical (unpaired) electrons. The van der Waals surface area contributed by atoms with Crippen LogP contribution >= 0.6 is 0 Å². The molecule has 0 unspecified atom stereocenters. The maximum absolute atomic E-state index is 13.0. The number of methoxy groups -OCH3 is 1. The molecule has 23 heavy (non-hydrogen) atoms. The molecule has 0 saturated heterocycles. The lowest BCUT2D eigenvalue weighted by Gasteiger charge is -2.41. The Morgan fingerprint density at radius 2 is 2.00 bits per heavy atom. The molecule has 1 amide bonds. The molecule has 1 heterocycles. The number of rotatable bonds is 4. The number of carbonyl (C=O) groups is 1. The van der Waals surface area contributed by atoms with E-state index in [4.69, 9.17) is 4.74 Å². The Kier molecular flexibility index (Phi) is 4.24. The van der Waals surface area contributed by atoms with Crippen LogP contribution in [0, 0.1) is 0 Å². The van der Waals surface area contributed by atoms with Gasteiger partial charge in [0.1, 0.15) is 11.9 Å². The van der Waals surface area contributed by atoms with Crippen molar-refractivity contribution in [3.05, 3.63) is 59.7 Å². The number of para-hydroxylation sites is 1. The fourth-order valence-electron chi connectivity index (χ4n) is 2.98. The van der Waals surface area contributed by atoms with Gasteiger partial charge in [-0.15, -0.1) is 0 Å². The molecule has 0 spiro atoms. The minimum absolute atomic E-state index is 0.0709. The largest absolute Gasteiger partial charge is 0.497 e. The Morgan fingerprint density at radius 3 is 2.74 bits per heavy atom.